The van der Waals surface area contributed by atoms with Gasteiger partial charge in [-0.05, 0) is 28.1 Å². The number of phenols is 1. The highest BCUT2D eigenvalue weighted by molar-refractivity contribution is 9.10. The Labute approximate surface area is 93.3 Å². The molecule has 0 saturated heterocycles. The van der Waals surface area contributed by atoms with Crippen molar-refractivity contribution in [3.05, 3.63) is 34.4 Å². The lowest BCUT2D eigenvalue weighted by Crippen LogP contribution is -1.98. The number of nitrogens with zero attached hydrogens (tertiary/aromatic N) is 1. The van der Waals surface area contributed by atoms with Crippen molar-refractivity contribution in [2.45, 2.75) is 0 Å². The largest absolute Gasteiger partial charge is 0.507 e. The molecule has 4 nitrogen and oxygen atoms in total. The molecule has 5 heteroatoms. The minimum Gasteiger partial charge on any atom is -0.507 e. The van der Waals surface area contributed by atoms with Crippen LogP contribution in [0.4, 0.5) is 0 Å². The molecule has 0 spiro atoms. The maximum Gasteiger partial charge on any atom is 0.336 e. The van der Waals surface area contributed by atoms with Gasteiger partial charge in [-0.3, -0.25) is 4.98 Å². The summed E-state index contributed by atoms with van der Waals surface area (Å²) in [6.45, 7) is 0. The molecule has 76 valence electrons. The molecule has 0 amide bonds. The van der Waals surface area contributed by atoms with Gasteiger partial charge in [-0.15, -0.1) is 0 Å². The summed E-state index contributed by atoms with van der Waals surface area (Å²) in [4.78, 5) is 14.9. The molecule has 0 atom stereocenters. The first-order valence-corrected chi connectivity index (χ1v) is 4.89. The van der Waals surface area contributed by atoms with E-state index in [0.29, 0.717) is 15.4 Å². The number of halogens is 1. The van der Waals surface area contributed by atoms with Gasteiger partial charge in [0.2, 0.25) is 0 Å². The van der Waals surface area contributed by atoms with Crippen LogP contribution in [0.5, 0.6) is 5.75 Å². The fraction of sp³-hybridized carbons (Fsp3) is 0. The molecule has 0 aliphatic carbocycles. The van der Waals surface area contributed by atoms with Crippen LogP contribution in [0.2, 0.25) is 0 Å². The van der Waals surface area contributed by atoms with Crippen molar-refractivity contribution in [1.82, 2.24) is 4.98 Å². The number of benzene rings is 1. The Morgan fingerprint density at radius 2 is 2.13 bits per heavy atom. The lowest BCUT2D eigenvalue weighted by atomic mass is 10.1. The number of aromatic carboxylic acids is 1. The van der Waals surface area contributed by atoms with E-state index >= 15 is 0 Å². The lowest BCUT2D eigenvalue weighted by molar-refractivity contribution is 0.0699. The monoisotopic (exact) mass is 267 g/mol. The highest BCUT2D eigenvalue weighted by Gasteiger charge is 2.10. The zero-order chi connectivity index (χ0) is 11.0. The molecule has 15 heavy (non-hydrogen) atoms. The maximum absolute atomic E-state index is 10.9. The van der Waals surface area contributed by atoms with Crippen LogP contribution in [0.3, 0.4) is 0 Å². The van der Waals surface area contributed by atoms with E-state index in [4.69, 9.17) is 5.11 Å². The van der Waals surface area contributed by atoms with Crippen LogP contribution in [0, 0.1) is 0 Å². The number of carboxylic acid groups (broad SMARTS) is 1. The first-order valence-electron chi connectivity index (χ1n) is 4.10. The van der Waals surface area contributed by atoms with Gasteiger partial charge >= 0.3 is 5.97 Å². The molecule has 0 unspecified atom stereocenters. The Morgan fingerprint density at radius 3 is 2.80 bits per heavy atom. The van der Waals surface area contributed by atoms with Crippen molar-refractivity contribution in [3.8, 4) is 5.75 Å². The number of carboxylic acids is 1. The van der Waals surface area contributed by atoms with Crippen molar-refractivity contribution in [2.24, 2.45) is 0 Å². The quantitative estimate of drug-likeness (QED) is 0.833. The number of aromatic hydroxyl groups is 1. The van der Waals surface area contributed by atoms with E-state index in [1.807, 2.05) is 0 Å². The average Bonchev–Trinajstić information content (AvgIpc) is 2.18. The van der Waals surface area contributed by atoms with Crippen LogP contribution >= 0.6 is 15.9 Å². The van der Waals surface area contributed by atoms with E-state index in [9.17, 15) is 9.90 Å². The Hall–Kier alpha value is -1.62. The number of hydrogen-bond acceptors (Lipinski definition) is 3. The molecule has 0 bridgehead atoms. The van der Waals surface area contributed by atoms with E-state index in [0.717, 1.165) is 0 Å². The van der Waals surface area contributed by atoms with Gasteiger partial charge in [0, 0.05) is 17.6 Å². The Bertz CT molecular complexity index is 554. The number of phenolic OH excluding ortho intramolecular Hbond substituents is 1. The molecule has 1 aromatic carbocycles. The highest BCUT2D eigenvalue weighted by Crippen LogP contribution is 2.29. The third-order valence-corrected chi connectivity index (χ3v) is 2.68. The second-order valence-corrected chi connectivity index (χ2v) is 3.84. The summed E-state index contributed by atoms with van der Waals surface area (Å²) in [5.74, 6) is -0.975. The number of aromatic nitrogens is 1. The topological polar surface area (TPSA) is 70.4 Å². The Morgan fingerprint density at radius 1 is 1.40 bits per heavy atom. The van der Waals surface area contributed by atoms with Gasteiger partial charge in [-0.2, -0.15) is 0 Å². The molecule has 0 aliphatic heterocycles. The summed E-state index contributed by atoms with van der Waals surface area (Å²) >= 11 is 3.13. The van der Waals surface area contributed by atoms with E-state index in [1.54, 1.807) is 6.07 Å². The third kappa shape index (κ3) is 1.66. The highest BCUT2D eigenvalue weighted by atomic mass is 79.9. The number of hydrogen-bond donors (Lipinski definition) is 2. The zero-order valence-electron chi connectivity index (χ0n) is 7.44. The predicted octanol–water partition coefficient (Wildman–Crippen LogP) is 2.40. The summed E-state index contributed by atoms with van der Waals surface area (Å²) in [6.07, 6.45) is 1.40. The Kier molecular flexibility index (Phi) is 2.32. The summed E-state index contributed by atoms with van der Waals surface area (Å²) in [6, 6.07) is 4.39. The number of rotatable bonds is 1. The maximum atomic E-state index is 10.9. The molecule has 0 saturated carbocycles. The average molecular weight is 268 g/mol. The molecular weight excluding hydrogens is 262 g/mol. The van der Waals surface area contributed by atoms with E-state index in [-0.39, 0.29) is 11.3 Å². The van der Waals surface area contributed by atoms with Gasteiger partial charge < -0.3 is 10.2 Å². The van der Waals surface area contributed by atoms with Crippen molar-refractivity contribution in [1.29, 1.82) is 0 Å². The van der Waals surface area contributed by atoms with Gasteiger partial charge in [0.15, 0.2) is 0 Å². The normalized spacial score (nSPS) is 10.5. The van der Waals surface area contributed by atoms with Gasteiger partial charge in [-0.25, -0.2) is 4.79 Å². The third-order valence-electron chi connectivity index (χ3n) is 2.04. The van der Waals surface area contributed by atoms with Gasteiger partial charge in [-0.1, -0.05) is 0 Å². The van der Waals surface area contributed by atoms with Crippen molar-refractivity contribution < 1.29 is 15.0 Å². The summed E-state index contributed by atoms with van der Waals surface area (Å²) < 4.78 is 0.450. The van der Waals surface area contributed by atoms with Crippen LogP contribution in [0.25, 0.3) is 10.9 Å². The molecule has 2 aromatic rings. The number of pyridine rings is 1. The zero-order valence-corrected chi connectivity index (χ0v) is 9.02. The molecule has 0 aliphatic rings. The Balaban J connectivity index is 2.86. The van der Waals surface area contributed by atoms with Crippen LogP contribution in [-0.4, -0.2) is 21.2 Å². The number of fused-ring (bicyclic) bond motifs is 1. The van der Waals surface area contributed by atoms with Crippen LogP contribution in [0.1, 0.15) is 10.4 Å². The summed E-state index contributed by atoms with van der Waals surface area (Å²) in [5, 5.41) is 18.8. The van der Waals surface area contributed by atoms with Crippen LogP contribution in [0.15, 0.2) is 28.9 Å². The molecular formula is C10H6BrNO3. The smallest absolute Gasteiger partial charge is 0.336 e. The van der Waals surface area contributed by atoms with E-state index in [1.165, 1.54) is 18.3 Å². The second-order valence-electron chi connectivity index (χ2n) is 2.98. The fourth-order valence-corrected chi connectivity index (χ4v) is 1.69. The molecule has 1 heterocycles. The van der Waals surface area contributed by atoms with Gasteiger partial charge in [0.05, 0.1) is 15.6 Å². The molecule has 2 N–H and O–H groups in total. The minimum atomic E-state index is -1.01. The SMILES string of the molecule is O=C(O)c1ccnc2cc(O)c(Br)cc12. The van der Waals surface area contributed by atoms with Crippen molar-refractivity contribution in [3.63, 3.8) is 0 Å². The first kappa shape index (κ1) is 9.92. The standard InChI is InChI=1S/C10H6BrNO3/c11-7-3-6-5(10(14)15)1-2-12-8(6)4-9(7)13/h1-4,13H,(H,14,15). The van der Waals surface area contributed by atoms with Crippen LogP contribution in [-0.2, 0) is 0 Å². The molecule has 0 radical (unpaired) electrons. The predicted molar refractivity (Wildman–Crippen MR) is 58.1 cm³/mol. The molecule has 1 aromatic heterocycles. The molecule has 2 rings (SSSR count). The fourth-order valence-electron chi connectivity index (χ4n) is 1.34. The first-order chi connectivity index (χ1) is 7.09. The lowest BCUT2D eigenvalue weighted by Gasteiger charge is -2.03. The number of carbonyl (C=O) groups is 1. The van der Waals surface area contributed by atoms with Gasteiger partial charge in [0.25, 0.3) is 0 Å². The van der Waals surface area contributed by atoms with Crippen LogP contribution < -0.4 is 0 Å². The van der Waals surface area contributed by atoms with E-state index < -0.39 is 5.97 Å². The molecule has 0 fully saturated rings. The van der Waals surface area contributed by atoms with Gasteiger partial charge in [0.1, 0.15) is 5.75 Å². The summed E-state index contributed by atoms with van der Waals surface area (Å²) in [5.41, 5.74) is 0.622. The second kappa shape index (κ2) is 3.51. The minimum absolute atomic E-state index is 0.0394. The van der Waals surface area contributed by atoms with Crippen molar-refractivity contribution in [2.75, 3.05) is 0 Å². The van der Waals surface area contributed by atoms with E-state index in [2.05, 4.69) is 20.9 Å². The van der Waals surface area contributed by atoms with Crippen molar-refractivity contribution >= 4 is 32.8 Å². The summed E-state index contributed by atoms with van der Waals surface area (Å²) in [7, 11) is 0.